The molecule has 2 fully saturated rings. The molecule has 0 amide bonds. The van der Waals surface area contributed by atoms with Crippen LogP contribution in [0.4, 0.5) is 0 Å². The Morgan fingerprint density at radius 3 is 2.80 bits per heavy atom. The topological polar surface area (TPSA) is 32.5 Å². The van der Waals surface area contributed by atoms with Crippen LogP contribution in [-0.4, -0.2) is 47.6 Å². The van der Waals surface area contributed by atoms with Crippen molar-refractivity contribution in [3.05, 3.63) is 21.3 Å². The minimum Gasteiger partial charge on any atom is -0.329 e. The van der Waals surface area contributed by atoms with Gasteiger partial charge >= 0.3 is 0 Å². The van der Waals surface area contributed by atoms with Gasteiger partial charge in [0, 0.05) is 42.1 Å². The first-order chi connectivity index (χ1) is 9.54. The second-order valence-electron chi connectivity index (χ2n) is 6.45. The van der Waals surface area contributed by atoms with Crippen molar-refractivity contribution in [2.24, 2.45) is 5.73 Å². The van der Waals surface area contributed by atoms with E-state index in [1.54, 1.807) is 11.3 Å². The Morgan fingerprint density at radius 1 is 1.50 bits per heavy atom. The molecule has 2 heterocycles. The summed E-state index contributed by atoms with van der Waals surface area (Å²) in [4.78, 5) is 6.45. The molecule has 0 radical (unpaired) electrons. The summed E-state index contributed by atoms with van der Waals surface area (Å²) in [5.41, 5.74) is 6.31. The van der Waals surface area contributed by atoms with Gasteiger partial charge in [-0.3, -0.25) is 9.80 Å². The molecule has 1 saturated carbocycles. The molecule has 0 spiro atoms. The molecule has 1 aromatic heterocycles. The molecular weight excluding hydrogens is 290 g/mol. The van der Waals surface area contributed by atoms with Gasteiger partial charge in [0.05, 0.1) is 4.34 Å². The molecule has 2 unspecified atom stereocenters. The number of likely N-dealkylation sites (tertiary alicyclic amines) is 1. The highest BCUT2D eigenvalue weighted by Crippen LogP contribution is 2.39. The third-order valence-electron chi connectivity index (χ3n) is 4.95. The zero-order chi connectivity index (χ0) is 14.3. The minimum absolute atomic E-state index is 0.123. The Balaban J connectivity index is 1.71. The highest BCUT2D eigenvalue weighted by molar-refractivity contribution is 7.16. The summed E-state index contributed by atoms with van der Waals surface area (Å²) in [7, 11) is 2.21. The van der Waals surface area contributed by atoms with Crippen LogP contribution in [0.1, 0.15) is 31.1 Å². The van der Waals surface area contributed by atoms with Crippen molar-refractivity contribution < 1.29 is 0 Å². The van der Waals surface area contributed by atoms with Crippen molar-refractivity contribution in [1.82, 2.24) is 9.80 Å². The van der Waals surface area contributed by atoms with E-state index in [4.69, 9.17) is 17.3 Å². The molecule has 0 bridgehead atoms. The van der Waals surface area contributed by atoms with Crippen molar-refractivity contribution in [1.29, 1.82) is 0 Å². The van der Waals surface area contributed by atoms with Crippen molar-refractivity contribution in [3.8, 4) is 0 Å². The predicted molar refractivity (Wildman–Crippen MR) is 86.4 cm³/mol. The summed E-state index contributed by atoms with van der Waals surface area (Å²) in [6, 6.07) is 5.59. The Bertz CT molecular complexity index is 473. The van der Waals surface area contributed by atoms with Gasteiger partial charge in [0.1, 0.15) is 0 Å². The smallest absolute Gasteiger partial charge is 0.0931 e. The average molecular weight is 314 g/mol. The normalized spacial score (nSPS) is 31.4. The number of nitrogens with zero attached hydrogens (tertiary/aromatic N) is 2. The van der Waals surface area contributed by atoms with Gasteiger partial charge in [-0.15, -0.1) is 11.3 Å². The third kappa shape index (κ3) is 2.77. The molecule has 20 heavy (non-hydrogen) atoms. The SMILES string of the molecule is CC1CC(CN)(N(C)Cc2ccc(Cl)s2)CN1C1CC1. The van der Waals surface area contributed by atoms with Gasteiger partial charge in [-0.05, 0) is 45.4 Å². The largest absolute Gasteiger partial charge is 0.329 e. The maximum Gasteiger partial charge on any atom is 0.0931 e. The van der Waals surface area contributed by atoms with Crippen LogP contribution in [0.5, 0.6) is 0 Å². The van der Waals surface area contributed by atoms with E-state index in [2.05, 4.69) is 29.8 Å². The maximum absolute atomic E-state index is 6.18. The zero-order valence-electron chi connectivity index (χ0n) is 12.3. The molecule has 1 aromatic rings. The monoisotopic (exact) mass is 313 g/mol. The number of rotatable bonds is 5. The molecule has 1 aliphatic heterocycles. The Labute approximate surface area is 130 Å². The molecule has 112 valence electrons. The summed E-state index contributed by atoms with van der Waals surface area (Å²) in [6.07, 6.45) is 3.92. The van der Waals surface area contributed by atoms with E-state index in [1.165, 1.54) is 24.1 Å². The number of halogens is 1. The lowest BCUT2D eigenvalue weighted by atomic mass is 9.94. The third-order valence-corrected chi connectivity index (χ3v) is 6.16. The van der Waals surface area contributed by atoms with E-state index in [0.717, 1.165) is 30.0 Å². The lowest BCUT2D eigenvalue weighted by Crippen LogP contribution is -2.53. The van der Waals surface area contributed by atoms with Crippen LogP contribution in [0.2, 0.25) is 4.34 Å². The molecule has 2 atom stereocenters. The highest BCUT2D eigenvalue weighted by Gasteiger charge is 2.48. The summed E-state index contributed by atoms with van der Waals surface area (Å²) >= 11 is 7.71. The van der Waals surface area contributed by atoms with Crippen LogP contribution >= 0.6 is 22.9 Å². The van der Waals surface area contributed by atoms with Crippen molar-refractivity contribution in [3.63, 3.8) is 0 Å². The van der Waals surface area contributed by atoms with Crippen molar-refractivity contribution in [2.75, 3.05) is 20.1 Å². The molecule has 0 aromatic carbocycles. The molecule has 2 aliphatic rings. The van der Waals surface area contributed by atoms with Gasteiger partial charge in [0.25, 0.3) is 0 Å². The molecule has 3 nitrogen and oxygen atoms in total. The molecule has 1 aliphatic carbocycles. The van der Waals surface area contributed by atoms with Gasteiger partial charge in [-0.25, -0.2) is 0 Å². The van der Waals surface area contributed by atoms with E-state index in [-0.39, 0.29) is 5.54 Å². The number of hydrogen-bond acceptors (Lipinski definition) is 4. The lowest BCUT2D eigenvalue weighted by Gasteiger charge is -2.38. The highest BCUT2D eigenvalue weighted by atomic mass is 35.5. The van der Waals surface area contributed by atoms with Crippen molar-refractivity contribution in [2.45, 2.75) is 50.4 Å². The fourth-order valence-corrected chi connectivity index (χ4v) is 4.68. The second-order valence-corrected chi connectivity index (χ2v) is 8.25. The molecule has 5 heteroatoms. The van der Waals surface area contributed by atoms with Gasteiger partial charge in [0.15, 0.2) is 0 Å². The van der Waals surface area contributed by atoms with E-state index in [0.29, 0.717) is 6.04 Å². The van der Waals surface area contributed by atoms with Crippen LogP contribution in [0.3, 0.4) is 0 Å². The fraction of sp³-hybridized carbons (Fsp3) is 0.733. The summed E-state index contributed by atoms with van der Waals surface area (Å²) in [5.74, 6) is 0. The Morgan fingerprint density at radius 2 is 2.25 bits per heavy atom. The van der Waals surface area contributed by atoms with Gasteiger partial charge < -0.3 is 5.73 Å². The van der Waals surface area contributed by atoms with Crippen LogP contribution in [-0.2, 0) is 6.54 Å². The van der Waals surface area contributed by atoms with E-state index >= 15 is 0 Å². The summed E-state index contributed by atoms with van der Waals surface area (Å²) < 4.78 is 0.870. The zero-order valence-corrected chi connectivity index (χ0v) is 13.9. The molecule has 1 saturated heterocycles. The van der Waals surface area contributed by atoms with Gasteiger partial charge in [-0.1, -0.05) is 11.6 Å². The van der Waals surface area contributed by atoms with Crippen molar-refractivity contribution >= 4 is 22.9 Å². The van der Waals surface area contributed by atoms with E-state index < -0.39 is 0 Å². The first-order valence-electron chi connectivity index (χ1n) is 7.45. The van der Waals surface area contributed by atoms with Crippen LogP contribution in [0.15, 0.2) is 12.1 Å². The van der Waals surface area contributed by atoms with E-state index in [9.17, 15) is 0 Å². The molecule has 3 rings (SSSR count). The van der Waals surface area contributed by atoms with Crippen LogP contribution < -0.4 is 5.73 Å². The fourth-order valence-electron chi connectivity index (χ4n) is 3.54. The number of hydrogen-bond donors (Lipinski definition) is 1. The molecular formula is C15H24ClN3S. The van der Waals surface area contributed by atoms with Gasteiger partial charge in [-0.2, -0.15) is 0 Å². The predicted octanol–water partition coefficient (Wildman–Crippen LogP) is 2.79. The Hall–Kier alpha value is -0.130. The number of thiophene rings is 1. The average Bonchev–Trinajstić information content (AvgIpc) is 3.09. The first kappa shape index (κ1) is 14.8. The lowest BCUT2D eigenvalue weighted by molar-refractivity contribution is 0.121. The second kappa shape index (κ2) is 5.58. The maximum atomic E-state index is 6.18. The molecule has 2 N–H and O–H groups in total. The standard InChI is InChI=1S/C15H24ClN3S/c1-11-7-15(9-17,10-19(11)12-3-4-12)18(2)8-13-5-6-14(16)20-13/h5-6,11-12H,3-4,7-10,17H2,1-2H3. The number of nitrogens with two attached hydrogens (primary N) is 1. The number of likely N-dealkylation sites (N-methyl/N-ethyl adjacent to an activating group) is 1. The van der Waals surface area contributed by atoms with E-state index in [1.807, 2.05) is 6.07 Å². The minimum atomic E-state index is 0.123. The summed E-state index contributed by atoms with van der Waals surface area (Å²) in [6.45, 7) is 5.15. The van der Waals surface area contributed by atoms with Crippen LogP contribution in [0.25, 0.3) is 0 Å². The van der Waals surface area contributed by atoms with Crippen LogP contribution in [0, 0.1) is 0 Å². The first-order valence-corrected chi connectivity index (χ1v) is 8.65. The summed E-state index contributed by atoms with van der Waals surface area (Å²) in [5, 5.41) is 0. The quantitative estimate of drug-likeness (QED) is 0.907. The van der Waals surface area contributed by atoms with Gasteiger partial charge in [0.2, 0.25) is 0 Å². The Kier molecular flexibility index (Phi) is 4.13.